The maximum atomic E-state index is 13.4. The summed E-state index contributed by atoms with van der Waals surface area (Å²) < 4.78 is 0. The Morgan fingerprint density at radius 2 is 1.55 bits per heavy atom. The maximum Gasteiger partial charge on any atom is 0.303 e. The van der Waals surface area contributed by atoms with E-state index in [2.05, 4.69) is 17.0 Å². The van der Waals surface area contributed by atoms with Crippen LogP contribution in [0.5, 0.6) is 0 Å². The summed E-state index contributed by atoms with van der Waals surface area (Å²) in [6, 6.07) is 25.8. The zero-order valence-corrected chi connectivity index (χ0v) is 21.6. The number of benzene rings is 3. The van der Waals surface area contributed by atoms with E-state index in [4.69, 9.17) is 15.1 Å². The van der Waals surface area contributed by atoms with Crippen LogP contribution in [0.4, 0.5) is 5.69 Å². The Morgan fingerprint density at radius 1 is 0.868 bits per heavy atom. The van der Waals surface area contributed by atoms with Gasteiger partial charge in [-0.2, -0.15) is 0 Å². The molecule has 1 aromatic heterocycles. The van der Waals surface area contributed by atoms with Crippen molar-refractivity contribution in [3.63, 3.8) is 0 Å². The Morgan fingerprint density at radius 3 is 2.24 bits per heavy atom. The van der Waals surface area contributed by atoms with Crippen LogP contribution in [0.1, 0.15) is 35.8 Å². The van der Waals surface area contributed by atoms with Crippen LogP contribution in [-0.4, -0.2) is 58.0 Å². The minimum atomic E-state index is -0.793. The van der Waals surface area contributed by atoms with E-state index in [0.717, 1.165) is 35.6 Å². The average molecular weight is 509 g/mol. The topological polar surface area (TPSA) is 86.6 Å². The van der Waals surface area contributed by atoms with Gasteiger partial charge >= 0.3 is 5.97 Å². The first-order chi connectivity index (χ1) is 18.5. The average Bonchev–Trinajstić information content (AvgIpc) is 2.95. The first-order valence-corrected chi connectivity index (χ1v) is 13.1. The molecule has 0 spiro atoms. The van der Waals surface area contributed by atoms with Gasteiger partial charge in [-0.1, -0.05) is 55.5 Å². The fraction of sp³-hybridized carbons (Fsp3) is 0.290. The van der Waals surface area contributed by atoms with E-state index < -0.39 is 5.97 Å². The van der Waals surface area contributed by atoms with E-state index in [1.54, 1.807) is 0 Å². The van der Waals surface area contributed by atoms with Crippen molar-refractivity contribution < 1.29 is 14.7 Å². The van der Waals surface area contributed by atoms with Gasteiger partial charge in [-0.05, 0) is 49.1 Å². The standard InChI is InChI=1S/C31H32N4O3/c1-22(20-29(36)37)12-14-27-30(23-8-4-2-5-9-23)33-26-15-13-24(21-28(26)32-27)31(38)35-18-16-34(17-19-35)25-10-6-3-7-11-25/h2-11,13,15,21-22H,12,14,16-20H2,1H3,(H,36,37). The molecule has 0 radical (unpaired) electrons. The van der Waals surface area contributed by atoms with E-state index in [-0.39, 0.29) is 18.2 Å². The molecule has 1 N–H and O–H groups in total. The van der Waals surface area contributed by atoms with Crippen molar-refractivity contribution in [2.75, 3.05) is 31.1 Å². The Balaban J connectivity index is 1.38. The number of amides is 1. The minimum absolute atomic E-state index is 0.00479. The third-order valence-electron chi connectivity index (χ3n) is 7.12. The number of hydrogen-bond donors (Lipinski definition) is 1. The molecule has 7 heteroatoms. The fourth-order valence-corrected chi connectivity index (χ4v) is 5.00. The molecule has 1 aliphatic rings. The molecule has 1 aliphatic heterocycles. The monoisotopic (exact) mass is 508 g/mol. The van der Waals surface area contributed by atoms with E-state index in [1.807, 2.05) is 78.6 Å². The zero-order chi connectivity index (χ0) is 26.5. The highest BCUT2D eigenvalue weighted by atomic mass is 16.4. The quantitative estimate of drug-likeness (QED) is 0.347. The summed E-state index contributed by atoms with van der Waals surface area (Å²) >= 11 is 0. The Hall–Kier alpha value is -4.26. The SMILES string of the molecule is CC(CCc1nc2cc(C(=O)N3CCN(c4ccccc4)CC3)ccc2nc1-c1ccccc1)CC(=O)O. The van der Waals surface area contributed by atoms with Crippen molar-refractivity contribution in [1.29, 1.82) is 0 Å². The van der Waals surface area contributed by atoms with Crippen LogP contribution in [-0.2, 0) is 11.2 Å². The highest BCUT2D eigenvalue weighted by Gasteiger charge is 2.23. The van der Waals surface area contributed by atoms with Gasteiger partial charge in [0.1, 0.15) is 0 Å². The van der Waals surface area contributed by atoms with Gasteiger partial charge in [0.25, 0.3) is 5.91 Å². The molecule has 1 fully saturated rings. The molecule has 38 heavy (non-hydrogen) atoms. The Kier molecular flexibility index (Phi) is 7.63. The molecule has 0 bridgehead atoms. The lowest BCUT2D eigenvalue weighted by Gasteiger charge is -2.36. The molecule has 0 aliphatic carbocycles. The predicted octanol–water partition coefficient (Wildman–Crippen LogP) is 5.30. The molecular formula is C31H32N4O3. The second-order valence-corrected chi connectivity index (χ2v) is 9.94. The molecule has 194 valence electrons. The number of fused-ring (bicyclic) bond motifs is 1. The molecule has 1 amide bonds. The smallest absolute Gasteiger partial charge is 0.303 e. The third kappa shape index (κ3) is 5.83. The largest absolute Gasteiger partial charge is 0.481 e. The number of aromatic nitrogens is 2. The van der Waals surface area contributed by atoms with Crippen LogP contribution in [0.2, 0.25) is 0 Å². The molecule has 2 heterocycles. The summed E-state index contributed by atoms with van der Waals surface area (Å²) in [5.74, 6) is -0.764. The highest BCUT2D eigenvalue weighted by molar-refractivity contribution is 5.97. The normalized spacial score (nSPS) is 14.4. The lowest BCUT2D eigenvalue weighted by molar-refractivity contribution is -0.138. The second-order valence-electron chi connectivity index (χ2n) is 9.94. The van der Waals surface area contributed by atoms with E-state index in [1.165, 1.54) is 5.69 Å². The maximum absolute atomic E-state index is 13.4. The summed E-state index contributed by atoms with van der Waals surface area (Å²) in [5.41, 5.74) is 5.80. The number of rotatable bonds is 8. The second kappa shape index (κ2) is 11.4. The Labute approximate surface area is 222 Å². The Bertz CT molecular complexity index is 1420. The first kappa shape index (κ1) is 25.4. The van der Waals surface area contributed by atoms with Crippen molar-refractivity contribution in [2.45, 2.75) is 26.2 Å². The van der Waals surface area contributed by atoms with Gasteiger partial charge in [0, 0.05) is 49.4 Å². The number of aliphatic carboxylic acids is 1. The minimum Gasteiger partial charge on any atom is -0.481 e. The number of piperazine rings is 1. The zero-order valence-electron chi connectivity index (χ0n) is 21.6. The molecule has 1 saturated heterocycles. The lowest BCUT2D eigenvalue weighted by Crippen LogP contribution is -2.48. The van der Waals surface area contributed by atoms with E-state index in [9.17, 15) is 9.59 Å². The van der Waals surface area contributed by atoms with Gasteiger partial charge in [-0.3, -0.25) is 9.59 Å². The number of aryl methyl sites for hydroxylation is 1. The van der Waals surface area contributed by atoms with Crippen molar-refractivity contribution in [2.24, 2.45) is 5.92 Å². The summed E-state index contributed by atoms with van der Waals surface area (Å²) in [7, 11) is 0. The van der Waals surface area contributed by atoms with Crippen molar-refractivity contribution >= 4 is 28.6 Å². The molecule has 1 atom stereocenters. The predicted molar refractivity (Wildman–Crippen MR) is 149 cm³/mol. The number of carbonyl (C=O) groups is 2. The summed E-state index contributed by atoms with van der Waals surface area (Å²) in [4.78, 5) is 38.6. The molecule has 7 nitrogen and oxygen atoms in total. The number of carboxylic acid groups (broad SMARTS) is 1. The van der Waals surface area contributed by atoms with Gasteiger partial charge in [0.15, 0.2) is 0 Å². The summed E-state index contributed by atoms with van der Waals surface area (Å²) in [5, 5.41) is 9.15. The van der Waals surface area contributed by atoms with Crippen molar-refractivity contribution in [3.8, 4) is 11.3 Å². The number of carboxylic acids is 1. The number of anilines is 1. The number of hydrogen-bond acceptors (Lipinski definition) is 5. The van der Waals surface area contributed by atoms with Gasteiger partial charge in [0.2, 0.25) is 0 Å². The van der Waals surface area contributed by atoms with Gasteiger partial charge in [-0.25, -0.2) is 9.97 Å². The number of carbonyl (C=O) groups excluding carboxylic acids is 1. The first-order valence-electron chi connectivity index (χ1n) is 13.1. The van der Waals surface area contributed by atoms with Crippen LogP contribution in [0.15, 0.2) is 78.9 Å². The lowest BCUT2D eigenvalue weighted by atomic mass is 9.98. The van der Waals surface area contributed by atoms with Crippen LogP contribution in [0.3, 0.4) is 0 Å². The molecule has 1 unspecified atom stereocenters. The molecule has 5 rings (SSSR count). The van der Waals surface area contributed by atoms with Crippen LogP contribution in [0, 0.1) is 5.92 Å². The number of nitrogens with zero attached hydrogens (tertiary/aromatic N) is 4. The van der Waals surface area contributed by atoms with Crippen LogP contribution in [0.25, 0.3) is 22.3 Å². The molecular weight excluding hydrogens is 476 g/mol. The number of para-hydroxylation sites is 1. The summed E-state index contributed by atoms with van der Waals surface area (Å²) in [6.07, 6.45) is 1.43. The molecule has 3 aromatic carbocycles. The van der Waals surface area contributed by atoms with Crippen LogP contribution >= 0.6 is 0 Å². The third-order valence-corrected chi connectivity index (χ3v) is 7.12. The fourth-order valence-electron chi connectivity index (χ4n) is 5.00. The molecule has 0 saturated carbocycles. The highest BCUT2D eigenvalue weighted by Crippen LogP contribution is 2.27. The van der Waals surface area contributed by atoms with E-state index >= 15 is 0 Å². The van der Waals surface area contributed by atoms with Gasteiger partial charge in [0.05, 0.1) is 22.4 Å². The molecule has 4 aromatic rings. The van der Waals surface area contributed by atoms with Gasteiger partial charge < -0.3 is 14.9 Å². The van der Waals surface area contributed by atoms with E-state index in [0.29, 0.717) is 37.0 Å². The van der Waals surface area contributed by atoms with Crippen LogP contribution < -0.4 is 4.90 Å². The van der Waals surface area contributed by atoms with Crippen molar-refractivity contribution in [3.05, 3.63) is 90.1 Å². The summed E-state index contributed by atoms with van der Waals surface area (Å²) in [6.45, 7) is 4.86. The van der Waals surface area contributed by atoms with Gasteiger partial charge in [-0.15, -0.1) is 0 Å². The van der Waals surface area contributed by atoms with Crippen molar-refractivity contribution in [1.82, 2.24) is 14.9 Å².